The molecule has 1 aromatic carbocycles. The maximum Gasteiger partial charge on any atom is 0.409 e. The molecule has 1 saturated heterocycles. The second-order valence-electron chi connectivity index (χ2n) is 5.82. The van der Waals surface area contributed by atoms with E-state index in [2.05, 4.69) is 17.0 Å². The molecule has 0 spiro atoms. The molecule has 1 amide bonds. The van der Waals surface area contributed by atoms with E-state index in [4.69, 9.17) is 19.7 Å². The second kappa shape index (κ2) is 12.3. The molecule has 0 unspecified atom stereocenters. The highest BCUT2D eigenvalue weighted by Gasteiger charge is 2.21. The summed E-state index contributed by atoms with van der Waals surface area (Å²) in [5.41, 5.74) is 1.26. The van der Waals surface area contributed by atoms with Crippen molar-refractivity contribution in [1.82, 2.24) is 9.80 Å². The van der Waals surface area contributed by atoms with Gasteiger partial charge in [-0.25, -0.2) is 14.4 Å². The molecule has 0 radical (unpaired) electrons. The number of hydrogen-bond donors (Lipinski definition) is 2. The predicted molar refractivity (Wildman–Crippen MR) is 101 cm³/mol. The normalized spacial score (nSPS) is 14.1. The summed E-state index contributed by atoms with van der Waals surface area (Å²) in [5, 5.41) is 15.6. The molecule has 0 aromatic heterocycles. The first-order valence-electron chi connectivity index (χ1n) is 8.76. The molecular weight excluding hydrogens is 368 g/mol. The smallest absolute Gasteiger partial charge is 0.409 e. The number of aliphatic carboxylic acids is 2. The molecule has 0 bridgehead atoms. The van der Waals surface area contributed by atoms with Crippen LogP contribution in [-0.4, -0.2) is 77.9 Å². The number of carbonyl (C=O) groups is 3. The van der Waals surface area contributed by atoms with E-state index in [1.165, 1.54) is 5.56 Å². The Morgan fingerprint density at radius 3 is 1.96 bits per heavy atom. The van der Waals surface area contributed by atoms with E-state index < -0.39 is 11.9 Å². The molecule has 1 aliphatic rings. The van der Waals surface area contributed by atoms with Gasteiger partial charge in [-0.1, -0.05) is 12.1 Å². The van der Waals surface area contributed by atoms with Crippen LogP contribution in [0.3, 0.4) is 0 Å². The Bertz CT molecular complexity index is 649. The van der Waals surface area contributed by atoms with Crippen molar-refractivity contribution < 1.29 is 34.1 Å². The lowest BCUT2D eigenvalue weighted by Crippen LogP contribution is -2.48. The number of methoxy groups -OCH3 is 1. The van der Waals surface area contributed by atoms with Gasteiger partial charge in [0, 0.05) is 44.9 Å². The van der Waals surface area contributed by atoms with Gasteiger partial charge in [-0.2, -0.15) is 0 Å². The zero-order valence-electron chi connectivity index (χ0n) is 16.0. The summed E-state index contributed by atoms with van der Waals surface area (Å²) in [4.78, 5) is 34.8. The van der Waals surface area contributed by atoms with E-state index >= 15 is 0 Å². The summed E-state index contributed by atoms with van der Waals surface area (Å²) >= 11 is 0. The topological polar surface area (TPSA) is 117 Å². The Hall–Kier alpha value is -3.07. The molecule has 0 saturated carbocycles. The highest BCUT2D eigenvalue weighted by molar-refractivity contribution is 5.89. The molecule has 9 heteroatoms. The average molecular weight is 394 g/mol. The van der Waals surface area contributed by atoms with Crippen molar-refractivity contribution in [3.63, 3.8) is 0 Å². The van der Waals surface area contributed by atoms with Crippen molar-refractivity contribution in [1.29, 1.82) is 0 Å². The monoisotopic (exact) mass is 394 g/mol. The fourth-order valence-electron chi connectivity index (χ4n) is 2.44. The van der Waals surface area contributed by atoms with E-state index in [-0.39, 0.29) is 6.09 Å². The number of piperazine rings is 1. The lowest BCUT2D eigenvalue weighted by Gasteiger charge is -2.34. The van der Waals surface area contributed by atoms with Crippen LogP contribution in [0.15, 0.2) is 36.4 Å². The van der Waals surface area contributed by atoms with Gasteiger partial charge >= 0.3 is 18.0 Å². The van der Waals surface area contributed by atoms with Crippen LogP contribution >= 0.6 is 0 Å². The minimum Gasteiger partial charge on any atom is -0.497 e. The van der Waals surface area contributed by atoms with Gasteiger partial charge < -0.3 is 24.6 Å². The first kappa shape index (κ1) is 23.0. The lowest BCUT2D eigenvalue weighted by molar-refractivity contribution is -0.134. The van der Waals surface area contributed by atoms with Gasteiger partial charge in [0.2, 0.25) is 0 Å². The Morgan fingerprint density at radius 2 is 1.54 bits per heavy atom. The van der Waals surface area contributed by atoms with E-state index in [0.29, 0.717) is 18.8 Å². The van der Waals surface area contributed by atoms with Crippen molar-refractivity contribution in [3.8, 4) is 5.75 Å². The van der Waals surface area contributed by atoms with Crippen LogP contribution in [-0.2, 0) is 20.9 Å². The maximum absolute atomic E-state index is 11.6. The van der Waals surface area contributed by atoms with E-state index in [1.807, 2.05) is 19.1 Å². The molecule has 9 nitrogen and oxygen atoms in total. The molecule has 1 aliphatic heterocycles. The Labute approximate surface area is 163 Å². The van der Waals surface area contributed by atoms with Gasteiger partial charge in [0.25, 0.3) is 0 Å². The first-order valence-corrected chi connectivity index (χ1v) is 8.76. The summed E-state index contributed by atoms with van der Waals surface area (Å²) in [6.07, 6.45) is 0.918. The van der Waals surface area contributed by atoms with Gasteiger partial charge in [-0.3, -0.25) is 4.90 Å². The molecule has 1 fully saturated rings. The molecular formula is C19H26N2O7. The van der Waals surface area contributed by atoms with Crippen LogP contribution in [0, 0.1) is 0 Å². The number of nitrogens with zero attached hydrogens (tertiary/aromatic N) is 2. The fourth-order valence-corrected chi connectivity index (χ4v) is 2.44. The molecule has 28 heavy (non-hydrogen) atoms. The fraction of sp³-hybridized carbons (Fsp3) is 0.421. The van der Waals surface area contributed by atoms with Crippen molar-refractivity contribution in [2.75, 3.05) is 39.9 Å². The van der Waals surface area contributed by atoms with Crippen LogP contribution < -0.4 is 4.74 Å². The summed E-state index contributed by atoms with van der Waals surface area (Å²) in [7, 11) is 1.67. The molecule has 1 heterocycles. The zero-order valence-corrected chi connectivity index (χ0v) is 16.0. The summed E-state index contributed by atoms with van der Waals surface area (Å²) in [6.45, 7) is 6.39. The maximum atomic E-state index is 11.6. The summed E-state index contributed by atoms with van der Waals surface area (Å²) < 4.78 is 10.2. The molecule has 2 N–H and O–H groups in total. The van der Waals surface area contributed by atoms with Crippen LogP contribution in [0.4, 0.5) is 4.79 Å². The van der Waals surface area contributed by atoms with Crippen molar-refractivity contribution in [3.05, 3.63) is 42.0 Å². The SMILES string of the molecule is CCOC(=O)N1CCN(Cc2ccc(OC)cc2)CC1.O=C(O)/C=C/C(=O)O. The quantitative estimate of drug-likeness (QED) is 0.700. The molecule has 1 aromatic rings. The number of hydrogen-bond acceptors (Lipinski definition) is 6. The highest BCUT2D eigenvalue weighted by atomic mass is 16.6. The standard InChI is InChI=1S/C15H22N2O3.C4H4O4/c1-3-20-15(18)17-10-8-16(9-11-17)12-13-4-6-14(19-2)7-5-13;5-3(6)1-2-4(7)8/h4-7H,3,8-12H2,1-2H3;1-2H,(H,5,6)(H,7,8)/b;2-1+. The van der Waals surface area contributed by atoms with Crippen molar-refractivity contribution >= 4 is 18.0 Å². The Morgan fingerprint density at radius 1 is 1.00 bits per heavy atom. The number of ether oxygens (including phenoxy) is 2. The minimum absolute atomic E-state index is 0.198. The third-order valence-corrected chi connectivity index (χ3v) is 3.83. The molecule has 154 valence electrons. The lowest BCUT2D eigenvalue weighted by atomic mass is 10.2. The average Bonchev–Trinajstić information content (AvgIpc) is 2.68. The van der Waals surface area contributed by atoms with Gasteiger partial charge in [0.15, 0.2) is 0 Å². The second-order valence-corrected chi connectivity index (χ2v) is 5.82. The third-order valence-electron chi connectivity index (χ3n) is 3.83. The van der Waals surface area contributed by atoms with Gasteiger partial charge in [-0.15, -0.1) is 0 Å². The van der Waals surface area contributed by atoms with Crippen LogP contribution in [0.25, 0.3) is 0 Å². The highest BCUT2D eigenvalue weighted by Crippen LogP contribution is 2.14. The van der Waals surface area contributed by atoms with E-state index in [9.17, 15) is 14.4 Å². The first-order chi connectivity index (χ1) is 13.3. The van der Waals surface area contributed by atoms with Gasteiger partial charge in [0.1, 0.15) is 5.75 Å². The van der Waals surface area contributed by atoms with Crippen molar-refractivity contribution in [2.24, 2.45) is 0 Å². The molecule has 0 atom stereocenters. The summed E-state index contributed by atoms with van der Waals surface area (Å²) in [6, 6.07) is 8.11. The number of amides is 1. The minimum atomic E-state index is -1.26. The van der Waals surface area contributed by atoms with Crippen LogP contribution in [0.5, 0.6) is 5.75 Å². The Kier molecular flexibility index (Phi) is 10.1. The van der Waals surface area contributed by atoms with Crippen LogP contribution in [0.1, 0.15) is 12.5 Å². The molecule has 2 rings (SSSR count). The van der Waals surface area contributed by atoms with Crippen molar-refractivity contribution in [2.45, 2.75) is 13.5 Å². The number of rotatable bonds is 6. The largest absolute Gasteiger partial charge is 0.497 e. The van der Waals surface area contributed by atoms with Gasteiger partial charge in [0.05, 0.1) is 13.7 Å². The number of carboxylic acids is 2. The number of carbonyl (C=O) groups excluding carboxylic acids is 1. The summed E-state index contributed by atoms with van der Waals surface area (Å²) in [5.74, 6) is -1.64. The number of benzene rings is 1. The Balaban J connectivity index is 0.000000416. The van der Waals surface area contributed by atoms with Crippen LogP contribution in [0.2, 0.25) is 0 Å². The third kappa shape index (κ3) is 9.04. The van der Waals surface area contributed by atoms with E-state index in [1.54, 1.807) is 12.0 Å². The molecule has 0 aliphatic carbocycles. The zero-order chi connectivity index (χ0) is 20.9. The van der Waals surface area contributed by atoms with Gasteiger partial charge in [-0.05, 0) is 24.6 Å². The number of carboxylic acid groups (broad SMARTS) is 2. The predicted octanol–water partition coefficient (Wildman–Crippen LogP) is 1.68. The van der Waals surface area contributed by atoms with E-state index in [0.717, 1.165) is 38.5 Å².